The van der Waals surface area contributed by atoms with Gasteiger partial charge in [0.1, 0.15) is 17.6 Å². The molecule has 20 heavy (non-hydrogen) atoms. The van der Waals surface area contributed by atoms with E-state index in [2.05, 4.69) is 0 Å². The van der Waals surface area contributed by atoms with Gasteiger partial charge in [-0.2, -0.15) is 0 Å². The van der Waals surface area contributed by atoms with E-state index in [1.165, 1.54) is 12.1 Å². The lowest BCUT2D eigenvalue weighted by Gasteiger charge is -2.24. The molecule has 2 aromatic rings. The van der Waals surface area contributed by atoms with Crippen LogP contribution in [0.3, 0.4) is 0 Å². The zero-order chi connectivity index (χ0) is 13.9. The van der Waals surface area contributed by atoms with Crippen LogP contribution in [0, 0.1) is 5.82 Å². The molecule has 0 aliphatic carbocycles. The number of rotatable bonds is 1. The number of amides is 1. The number of aromatic nitrogens is 1. The Morgan fingerprint density at radius 1 is 1.35 bits per heavy atom. The first-order valence-corrected chi connectivity index (χ1v) is 6.83. The minimum Gasteiger partial charge on any atom is -0.368 e. The van der Waals surface area contributed by atoms with Crippen LogP contribution in [0.1, 0.15) is 16.9 Å². The molecule has 0 saturated carbocycles. The fourth-order valence-electron chi connectivity index (χ4n) is 3.06. The van der Waals surface area contributed by atoms with Gasteiger partial charge in [-0.3, -0.25) is 4.79 Å². The highest BCUT2D eigenvalue weighted by atomic mass is 19.1. The molecule has 0 N–H and O–H groups in total. The molecule has 1 aromatic carbocycles. The first-order chi connectivity index (χ1) is 9.63. The van der Waals surface area contributed by atoms with Gasteiger partial charge >= 0.3 is 0 Å². The van der Waals surface area contributed by atoms with Crippen molar-refractivity contribution in [3.63, 3.8) is 0 Å². The van der Waals surface area contributed by atoms with Gasteiger partial charge in [-0.15, -0.1) is 0 Å². The van der Waals surface area contributed by atoms with E-state index in [0.717, 1.165) is 23.9 Å². The Kier molecular flexibility index (Phi) is 2.41. The maximum Gasteiger partial charge on any atom is 0.270 e. The van der Waals surface area contributed by atoms with Gasteiger partial charge in [-0.05, 0) is 30.7 Å². The molecular weight excluding hydrogens is 259 g/mol. The summed E-state index contributed by atoms with van der Waals surface area (Å²) < 4.78 is 20.5. The third-order valence-corrected chi connectivity index (χ3v) is 4.28. The second kappa shape index (κ2) is 4.06. The Hall–Kier alpha value is -1.88. The van der Waals surface area contributed by atoms with Crippen molar-refractivity contribution in [3.8, 4) is 0 Å². The van der Waals surface area contributed by atoms with E-state index >= 15 is 0 Å². The lowest BCUT2D eigenvalue weighted by atomic mass is 10.1. The highest BCUT2D eigenvalue weighted by Crippen LogP contribution is 2.31. The Balaban J connectivity index is 1.70. The van der Waals surface area contributed by atoms with Crippen LogP contribution in [0.25, 0.3) is 10.9 Å². The summed E-state index contributed by atoms with van der Waals surface area (Å²) in [6, 6.07) is 6.35. The maximum atomic E-state index is 13.3. The molecule has 4 rings (SSSR count). The van der Waals surface area contributed by atoms with Crippen molar-refractivity contribution in [2.75, 3.05) is 13.1 Å². The van der Waals surface area contributed by atoms with Crippen molar-refractivity contribution in [3.05, 3.63) is 35.8 Å². The minimum atomic E-state index is -0.283. The number of hydrogen-bond donors (Lipinski definition) is 0. The summed E-state index contributed by atoms with van der Waals surface area (Å²) >= 11 is 0. The van der Waals surface area contributed by atoms with Crippen LogP contribution in [0.15, 0.2) is 24.3 Å². The molecule has 4 nitrogen and oxygen atoms in total. The molecule has 104 valence electrons. The molecular formula is C15H15FN2O2. The molecule has 2 unspecified atom stereocenters. The maximum absolute atomic E-state index is 13.3. The van der Waals surface area contributed by atoms with Crippen molar-refractivity contribution in [1.29, 1.82) is 0 Å². The Labute approximate surface area is 115 Å². The second-order valence-electron chi connectivity index (χ2n) is 5.54. The lowest BCUT2D eigenvalue weighted by Crippen LogP contribution is -2.40. The first kappa shape index (κ1) is 11.9. The predicted molar refractivity (Wildman–Crippen MR) is 72.1 cm³/mol. The number of epoxide rings is 1. The van der Waals surface area contributed by atoms with E-state index in [4.69, 9.17) is 4.74 Å². The fourth-order valence-corrected chi connectivity index (χ4v) is 3.06. The van der Waals surface area contributed by atoms with Gasteiger partial charge < -0.3 is 14.2 Å². The molecule has 1 amide bonds. The van der Waals surface area contributed by atoms with E-state index in [-0.39, 0.29) is 17.8 Å². The summed E-state index contributed by atoms with van der Waals surface area (Å²) in [7, 11) is 1.84. The van der Waals surface area contributed by atoms with E-state index in [1.54, 1.807) is 12.1 Å². The highest BCUT2D eigenvalue weighted by molar-refractivity contribution is 5.98. The van der Waals surface area contributed by atoms with E-state index in [1.807, 2.05) is 16.5 Å². The van der Waals surface area contributed by atoms with Crippen molar-refractivity contribution in [2.24, 2.45) is 7.05 Å². The van der Waals surface area contributed by atoms with Crippen LogP contribution in [-0.4, -0.2) is 40.7 Å². The number of halogens is 1. The minimum absolute atomic E-state index is 0.00180. The number of carbonyl (C=O) groups excluding carboxylic acids is 1. The molecule has 2 aliphatic rings. The summed E-state index contributed by atoms with van der Waals surface area (Å²) in [5.74, 6) is -0.285. The van der Waals surface area contributed by atoms with Gasteiger partial charge in [-0.25, -0.2) is 4.39 Å². The number of ether oxygens (including phenoxy) is 1. The Morgan fingerprint density at radius 2 is 2.20 bits per heavy atom. The molecule has 2 fully saturated rings. The van der Waals surface area contributed by atoms with Gasteiger partial charge in [0.15, 0.2) is 0 Å². The monoisotopic (exact) mass is 274 g/mol. The lowest BCUT2D eigenvalue weighted by molar-refractivity contribution is 0.0727. The molecule has 2 saturated heterocycles. The second-order valence-corrected chi connectivity index (χ2v) is 5.54. The number of carbonyl (C=O) groups is 1. The predicted octanol–water partition coefficient (Wildman–Crippen LogP) is 1.93. The SMILES string of the molecule is Cn1c(C(=O)N2CCC3OC3C2)cc2cc(F)ccc21. The summed E-state index contributed by atoms with van der Waals surface area (Å²) in [4.78, 5) is 14.4. The number of fused-ring (bicyclic) bond motifs is 2. The summed E-state index contributed by atoms with van der Waals surface area (Å²) in [6.45, 7) is 1.40. The van der Waals surface area contributed by atoms with Crippen LogP contribution >= 0.6 is 0 Å². The number of likely N-dealkylation sites (tertiary alicyclic amines) is 1. The normalized spacial score (nSPS) is 24.8. The molecule has 0 radical (unpaired) electrons. The number of aryl methyl sites for hydroxylation is 1. The average molecular weight is 274 g/mol. The zero-order valence-electron chi connectivity index (χ0n) is 11.2. The third-order valence-electron chi connectivity index (χ3n) is 4.28. The Bertz CT molecular complexity index is 709. The van der Waals surface area contributed by atoms with Gasteiger partial charge in [0.05, 0.1) is 6.10 Å². The van der Waals surface area contributed by atoms with Gasteiger partial charge in [0.2, 0.25) is 0 Å². The van der Waals surface area contributed by atoms with E-state index in [0.29, 0.717) is 18.3 Å². The van der Waals surface area contributed by atoms with Crippen LogP contribution < -0.4 is 0 Å². The molecule has 2 atom stereocenters. The number of benzene rings is 1. The molecule has 1 aromatic heterocycles. The van der Waals surface area contributed by atoms with Crippen LogP contribution in [0.4, 0.5) is 4.39 Å². The van der Waals surface area contributed by atoms with Crippen molar-refractivity contribution in [1.82, 2.24) is 9.47 Å². The summed E-state index contributed by atoms with van der Waals surface area (Å²) in [5.41, 5.74) is 1.47. The standard InChI is InChI=1S/C15H15FN2O2/c1-17-11-3-2-10(16)6-9(11)7-12(17)15(19)18-5-4-13-14(8-18)20-13/h2-3,6-7,13-14H,4-5,8H2,1H3. The molecule has 2 aliphatic heterocycles. The van der Waals surface area contributed by atoms with Crippen molar-refractivity contribution in [2.45, 2.75) is 18.6 Å². The van der Waals surface area contributed by atoms with Gasteiger partial charge in [0, 0.05) is 31.0 Å². The smallest absolute Gasteiger partial charge is 0.270 e. The summed E-state index contributed by atoms with van der Waals surface area (Å²) in [5, 5.41) is 0.758. The van der Waals surface area contributed by atoms with Crippen LogP contribution in [-0.2, 0) is 11.8 Å². The average Bonchev–Trinajstić information content (AvgIpc) is 3.15. The number of nitrogens with zero attached hydrogens (tertiary/aromatic N) is 2. The Morgan fingerprint density at radius 3 is 3.00 bits per heavy atom. The van der Waals surface area contributed by atoms with E-state index in [9.17, 15) is 9.18 Å². The van der Waals surface area contributed by atoms with Crippen LogP contribution in [0.5, 0.6) is 0 Å². The number of piperidine rings is 1. The quantitative estimate of drug-likeness (QED) is 0.745. The first-order valence-electron chi connectivity index (χ1n) is 6.83. The molecule has 0 spiro atoms. The fraction of sp³-hybridized carbons (Fsp3) is 0.400. The summed E-state index contributed by atoms with van der Waals surface area (Å²) in [6.07, 6.45) is 1.50. The van der Waals surface area contributed by atoms with Gasteiger partial charge in [0.25, 0.3) is 5.91 Å². The highest BCUT2D eigenvalue weighted by Gasteiger charge is 2.44. The largest absolute Gasteiger partial charge is 0.368 e. The van der Waals surface area contributed by atoms with Crippen molar-refractivity contribution >= 4 is 16.8 Å². The third kappa shape index (κ3) is 1.73. The topological polar surface area (TPSA) is 37.8 Å². The van der Waals surface area contributed by atoms with E-state index < -0.39 is 0 Å². The van der Waals surface area contributed by atoms with Crippen LogP contribution in [0.2, 0.25) is 0 Å². The molecule has 5 heteroatoms. The zero-order valence-corrected chi connectivity index (χ0v) is 11.2. The number of hydrogen-bond acceptors (Lipinski definition) is 2. The van der Waals surface area contributed by atoms with Crippen molar-refractivity contribution < 1.29 is 13.9 Å². The van der Waals surface area contributed by atoms with Gasteiger partial charge in [-0.1, -0.05) is 0 Å². The molecule has 3 heterocycles. The molecule has 0 bridgehead atoms.